The quantitative estimate of drug-likeness (QED) is 0.349. The van der Waals surface area contributed by atoms with Crippen molar-refractivity contribution in [1.82, 2.24) is 5.43 Å². The topological polar surface area (TPSA) is 53.5 Å². The second-order valence-corrected chi connectivity index (χ2v) is 6.86. The fourth-order valence-electron chi connectivity index (χ4n) is 2.54. The predicted molar refractivity (Wildman–Crippen MR) is 112 cm³/mol. The van der Waals surface area contributed by atoms with Crippen LogP contribution in [0.1, 0.15) is 12.5 Å². The average Bonchev–Trinajstić information content (AvgIpc) is 2.65. The van der Waals surface area contributed by atoms with Crippen LogP contribution in [0, 0.1) is 3.57 Å². The SMILES string of the molecule is C/C(=N/NC(=O)CNc1ccc(I)cc1)c1cccc2ccccc12. The molecule has 0 aliphatic carbocycles. The zero-order valence-electron chi connectivity index (χ0n) is 13.8. The third kappa shape index (κ3) is 4.57. The van der Waals surface area contributed by atoms with Crippen LogP contribution in [-0.4, -0.2) is 18.2 Å². The van der Waals surface area contributed by atoms with Crippen molar-refractivity contribution in [3.63, 3.8) is 0 Å². The molecule has 0 aliphatic rings. The highest BCUT2D eigenvalue weighted by atomic mass is 127. The molecule has 0 spiro atoms. The molecule has 1 amide bonds. The summed E-state index contributed by atoms with van der Waals surface area (Å²) in [6.07, 6.45) is 0. The molecule has 126 valence electrons. The Bertz CT molecular complexity index is 914. The Hall–Kier alpha value is -2.41. The van der Waals surface area contributed by atoms with Crippen LogP contribution >= 0.6 is 22.6 Å². The number of anilines is 1. The molecular formula is C20H18IN3O. The number of rotatable bonds is 5. The lowest BCUT2D eigenvalue weighted by atomic mass is 10.0. The van der Waals surface area contributed by atoms with E-state index in [0.717, 1.165) is 31.3 Å². The van der Waals surface area contributed by atoms with Gasteiger partial charge in [0.05, 0.1) is 12.3 Å². The molecule has 0 saturated carbocycles. The van der Waals surface area contributed by atoms with Crippen molar-refractivity contribution in [1.29, 1.82) is 0 Å². The Balaban J connectivity index is 1.64. The first-order chi connectivity index (χ1) is 12.1. The van der Waals surface area contributed by atoms with Gasteiger partial charge in [0.1, 0.15) is 0 Å². The Morgan fingerprint density at radius 2 is 1.72 bits per heavy atom. The molecule has 0 aliphatic heterocycles. The minimum Gasteiger partial charge on any atom is -0.376 e. The van der Waals surface area contributed by atoms with E-state index in [4.69, 9.17) is 0 Å². The zero-order valence-corrected chi connectivity index (χ0v) is 15.9. The van der Waals surface area contributed by atoms with Crippen LogP contribution < -0.4 is 10.7 Å². The maximum atomic E-state index is 12.0. The minimum absolute atomic E-state index is 0.174. The molecule has 0 saturated heterocycles. The number of hydrogen-bond donors (Lipinski definition) is 2. The normalized spacial score (nSPS) is 11.4. The summed E-state index contributed by atoms with van der Waals surface area (Å²) in [6, 6.07) is 22.1. The molecule has 0 unspecified atom stereocenters. The van der Waals surface area contributed by atoms with Gasteiger partial charge in [-0.05, 0) is 64.6 Å². The second kappa shape index (κ2) is 8.11. The third-order valence-corrected chi connectivity index (χ3v) is 4.54. The number of benzene rings is 3. The van der Waals surface area contributed by atoms with Gasteiger partial charge < -0.3 is 5.32 Å². The van der Waals surface area contributed by atoms with Crippen LogP contribution in [0.3, 0.4) is 0 Å². The lowest BCUT2D eigenvalue weighted by Gasteiger charge is -2.08. The molecule has 0 bridgehead atoms. The van der Waals surface area contributed by atoms with Gasteiger partial charge in [-0.15, -0.1) is 0 Å². The maximum Gasteiger partial charge on any atom is 0.259 e. The predicted octanol–water partition coefficient (Wildman–Crippen LogP) is 4.40. The molecule has 3 aromatic carbocycles. The Kier molecular flexibility index (Phi) is 5.65. The van der Waals surface area contributed by atoms with Gasteiger partial charge in [0.2, 0.25) is 0 Å². The van der Waals surface area contributed by atoms with E-state index in [-0.39, 0.29) is 12.5 Å². The number of carbonyl (C=O) groups excluding carboxylic acids is 1. The standard InChI is InChI=1S/C20H18IN3O/c1-14(18-8-4-6-15-5-2-3-7-19(15)18)23-24-20(25)13-22-17-11-9-16(21)10-12-17/h2-12,22H,13H2,1H3,(H,24,25)/b23-14-. The number of amides is 1. The largest absolute Gasteiger partial charge is 0.376 e. The minimum atomic E-state index is -0.182. The summed E-state index contributed by atoms with van der Waals surface area (Å²) >= 11 is 2.25. The monoisotopic (exact) mass is 443 g/mol. The Morgan fingerprint density at radius 1 is 1.00 bits per heavy atom. The fraction of sp³-hybridized carbons (Fsp3) is 0.100. The number of hydrazone groups is 1. The molecule has 0 radical (unpaired) electrons. The molecule has 0 atom stereocenters. The number of hydrogen-bond acceptors (Lipinski definition) is 3. The van der Waals surface area contributed by atoms with E-state index in [1.165, 1.54) is 0 Å². The van der Waals surface area contributed by atoms with E-state index in [9.17, 15) is 4.79 Å². The highest BCUT2D eigenvalue weighted by Crippen LogP contribution is 2.19. The van der Waals surface area contributed by atoms with E-state index in [1.807, 2.05) is 55.5 Å². The first-order valence-corrected chi connectivity index (χ1v) is 9.02. The van der Waals surface area contributed by atoms with E-state index in [0.29, 0.717) is 0 Å². The van der Waals surface area contributed by atoms with Gasteiger partial charge in [-0.3, -0.25) is 4.79 Å². The third-order valence-electron chi connectivity index (χ3n) is 3.83. The summed E-state index contributed by atoms with van der Waals surface area (Å²) < 4.78 is 1.16. The van der Waals surface area contributed by atoms with Crippen molar-refractivity contribution in [2.24, 2.45) is 5.10 Å². The van der Waals surface area contributed by atoms with Crippen LogP contribution in [0.15, 0.2) is 71.8 Å². The second-order valence-electron chi connectivity index (χ2n) is 5.62. The van der Waals surface area contributed by atoms with Crippen molar-refractivity contribution in [3.8, 4) is 0 Å². The molecule has 4 nitrogen and oxygen atoms in total. The fourth-order valence-corrected chi connectivity index (χ4v) is 2.90. The summed E-state index contributed by atoms with van der Waals surface area (Å²) in [6.45, 7) is 2.07. The van der Waals surface area contributed by atoms with Crippen LogP contribution in [0.2, 0.25) is 0 Å². The first kappa shape index (κ1) is 17.4. The van der Waals surface area contributed by atoms with Gasteiger partial charge in [0, 0.05) is 14.8 Å². The van der Waals surface area contributed by atoms with E-state index in [2.05, 4.69) is 56.6 Å². The molecule has 0 heterocycles. The van der Waals surface area contributed by atoms with E-state index < -0.39 is 0 Å². The Labute approximate surface area is 160 Å². The Morgan fingerprint density at radius 3 is 2.52 bits per heavy atom. The van der Waals surface area contributed by atoms with E-state index in [1.54, 1.807) is 0 Å². The highest BCUT2D eigenvalue weighted by Gasteiger charge is 2.05. The number of carbonyl (C=O) groups is 1. The lowest BCUT2D eigenvalue weighted by Crippen LogP contribution is -2.26. The number of halogens is 1. The molecule has 2 N–H and O–H groups in total. The molecule has 3 rings (SSSR count). The molecule has 25 heavy (non-hydrogen) atoms. The summed E-state index contributed by atoms with van der Waals surface area (Å²) in [4.78, 5) is 12.0. The zero-order chi connectivity index (χ0) is 17.6. The molecule has 0 aromatic heterocycles. The number of nitrogens with one attached hydrogen (secondary N) is 2. The molecule has 0 fully saturated rings. The van der Waals surface area contributed by atoms with Crippen molar-refractivity contribution in [2.45, 2.75) is 6.92 Å². The molecule has 3 aromatic rings. The van der Waals surface area contributed by atoms with Crippen LogP contribution in [0.25, 0.3) is 10.8 Å². The van der Waals surface area contributed by atoms with Gasteiger partial charge >= 0.3 is 0 Å². The summed E-state index contributed by atoms with van der Waals surface area (Å²) in [7, 11) is 0. The van der Waals surface area contributed by atoms with Crippen LogP contribution in [0.5, 0.6) is 0 Å². The van der Waals surface area contributed by atoms with Gasteiger partial charge in [0.15, 0.2) is 0 Å². The highest BCUT2D eigenvalue weighted by molar-refractivity contribution is 14.1. The molecule has 5 heteroatoms. The first-order valence-electron chi connectivity index (χ1n) is 7.94. The summed E-state index contributed by atoms with van der Waals surface area (Å²) in [5.41, 5.74) is 5.31. The van der Waals surface area contributed by atoms with Crippen molar-refractivity contribution in [2.75, 3.05) is 11.9 Å². The van der Waals surface area contributed by atoms with Gasteiger partial charge in [-0.1, -0.05) is 42.5 Å². The lowest BCUT2D eigenvalue weighted by molar-refractivity contribution is -0.119. The van der Waals surface area contributed by atoms with Crippen molar-refractivity contribution < 1.29 is 4.79 Å². The van der Waals surface area contributed by atoms with Gasteiger partial charge in [-0.25, -0.2) is 5.43 Å². The summed E-state index contributed by atoms with van der Waals surface area (Å²) in [5, 5.41) is 9.60. The number of nitrogens with zero attached hydrogens (tertiary/aromatic N) is 1. The average molecular weight is 443 g/mol. The number of fused-ring (bicyclic) bond motifs is 1. The smallest absolute Gasteiger partial charge is 0.259 e. The molecular weight excluding hydrogens is 425 g/mol. The summed E-state index contributed by atoms with van der Waals surface area (Å²) in [5.74, 6) is -0.182. The van der Waals surface area contributed by atoms with Gasteiger partial charge in [-0.2, -0.15) is 5.10 Å². The van der Waals surface area contributed by atoms with E-state index >= 15 is 0 Å². The van der Waals surface area contributed by atoms with Gasteiger partial charge in [0.25, 0.3) is 5.91 Å². The van der Waals surface area contributed by atoms with Crippen LogP contribution in [-0.2, 0) is 4.79 Å². The maximum absolute atomic E-state index is 12.0. The van der Waals surface area contributed by atoms with Crippen LogP contribution in [0.4, 0.5) is 5.69 Å². The van der Waals surface area contributed by atoms with Crippen molar-refractivity contribution in [3.05, 3.63) is 75.9 Å². The van der Waals surface area contributed by atoms with Crippen molar-refractivity contribution >= 4 is 50.7 Å².